The van der Waals surface area contributed by atoms with Gasteiger partial charge in [-0.15, -0.1) is 0 Å². The molecule has 0 aliphatic carbocycles. The number of rotatable bonds is 2. The van der Waals surface area contributed by atoms with Crippen molar-refractivity contribution < 1.29 is 0 Å². The molecule has 1 rings (SSSR count). The van der Waals surface area contributed by atoms with Crippen molar-refractivity contribution in [3.63, 3.8) is 0 Å². The molecule has 66 valence electrons. The first kappa shape index (κ1) is 9.81. The Labute approximate surface area is 81.4 Å². The summed E-state index contributed by atoms with van der Waals surface area (Å²) in [6.45, 7) is 0.401. The van der Waals surface area contributed by atoms with Crippen LogP contribution in [0, 0.1) is 0 Å². The minimum absolute atomic E-state index is 0.167. The summed E-state index contributed by atoms with van der Waals surface area (Å²) in [4.78, 5) is 0. The second kappa shape index (κ2) is 4.10. The molecule has 2 nitrogen and oxygen atoms in total. The van der Waals surface area contributed by atoms with E-state index in [-0.39, 0.29) is 6.04 Å². The molecule has 1 aromatic carbocycles. The molecule has 0 saturated carbocycles. The lowest BCUT2D eigenvalue weighted by Crippen LogP contribution is -2.20. The van der Waals surface area contributed by atoms with Gasteiger partial charge < -0.3 is 11.5 Å². The molecule has 0 fully saturated rings. The van der Waals surface area contributed by atoms with Crippen molar-refractivity contribution >= 4 is 23.2 Å². The van der Waals surface area contributed by atoms with Crippen molar-refractivity contribution in [2.45, 2.75) is 6.04 Å². The molecule has 0 saturated heterocycles. The predicted molar refractivity (Wildman–Crippen MR) is 52.4 cm³/mol. The van der Waals surface area contributed by atoms with E-state index < -0.39 is 0 Å². The second-order valence-electron chi connectivity index (χ2n) is 2.52. The van der Waals surface area contributed by atoms with Crippen LogP contribution in [0.3, 0.4) is 0 Å². The standard InChI is InChI=1S/C8H10Cl2N2/c9-6-2-1-5(3-7(6)10)8(12)4-11/h1-3,8H,4,11-12H2/t8-/m0/s1. The molecule has 0 amide bonds. The van der Waals surface area contributed by atoms with Crippen LogP contribution in [0.1, 0.15) is 11.6 Å². The van der Waals surface area contributed by atoms with Crippen LogP contribution in [0.2, 0.25) is 10.0 Å². The van der Waals surface area contributed by atoms with Gasteiger partial charge in [0.05, 0.1) is 10.0 Å². The van der Waals surface area contributed by atoms with Gasteiger partial charge in [0.25, 0.3) is 0 Å². The number of nitrogens with two attached hydrogens (primary N) is 2. The minimum atomic E-state index is -0.167. The monoisotopic (exact) mass is 204 g/mol. The first-order valence-electron chi connectivity index (χ1n) is 3.55. The molecule has 0 aromatic heterocycles. The molecule has 0 spiro atoms. The lowest BCUT2D eigenvalue weighted by atomic mass is 10.1. The first-order valence-corrected chi connectivity index (χ1v) is 4.31. The van der Waals surface area contributed by atoms with Crippen LogP contribution < -0.4 is 11.5 Å². The number of hydrogen-bond acceptors (Lipinski definition) is 2. The van der Waals surface area contributed by atoms with E-state index >= 15 is 0 Å². The molecular weight excluding hydrogens is 195 g/mol. The summed E-state index contributed by atoms with van der Waals surface area (Å²) in [6.07, 6.45) is 0. The molecular formula is C8H10Cl2N2. The van der Waals surface area contributed by atoms with Crippen LogP contribution in [-0.2, 0) is 0 Å². The van der Waals surface area contributed by atoms with Gasteiger partial charge in [-0.3, -0.25) is 0 Å². The fourth-order valence-electron chi connectivity index (χ4n) is 0.879. The van der Waals surface area contributed by atoms with Gasteiger partial charge in [-0.25, -0.2) is 0 Å². The van der Waals surface area contributed by atoms with E-state index in [4.69, 9.17) is 34.7 Å². The molecule has 0 aliphatic heterocycles. The largest absolute Gasteiger partial charge is 0.329 e. The molecule has 0 bridgehead atoms. The molecule has 4 N–H and O–H groups in total. The fourth-order valence-corrected chi connectivity index (χ4v) is 1.19. The summed E-state index contributed by atoms with van der Waals surface area (Å²) in [5.74, 6) is 0. The molecule has 0 aliphatic rings. The van der Waals surface area contributed by atoms with E-state index in [2.05, 4.69) is 0 Å². The molecule has 0 radical (unpaired) electrons. The van der Waals surface area contributed by atoms with Crippen molar-refractivity contribution in [2.24, 2.45) is 11.5 Å². The van der Waals surface area contributed by atoms with Crippen molar-refractivity contribution in [3.05, 3.63) is 33.8 Å². The Bertz CT molecular complexity index is 276. The minimum Gasteiger partial charge on any atom is -0.329 e. The normalized spacial score (nSPS) is 13.0. The summed E-state index contributed by atoms with van der Waals surface area (Å²) in [5.41, 5.74) is 12.0. The molecule has 0 heterocycles. The third-order valence-electron chi connectivity index (χ3n) is 1.63. The Balaban J connectivity index is 2.96. The van der Waals surface area contributed by atoms with E-state index in [1.165, 1.54) is 0 Å². The van der Waals surface area contributed by atoms with Gasteiger partial charge in [0.2, 0.25) is 0 Å². The SMILES string of the molecule is NC[C@H](N)c1ccc(Cl)c(Cl)c1. The zero-order valence-electron chi connectivity index (χ0n) is 6.43. The maximum absolute atomic E-state index is 5.79. The van der Waals surface area contributed by atoms with Crippen molar-refractivity contribution in [3.8, 4) is 0 Å². The van der Waals surface area contributed by atoms with Gasteiger partial charge in [-0.05, 0) is 17.7 Å². The number of hydrogen-bond donors (Lipinski definition) is 2. The lowest BCUT2D eigenvalue weighted by Gasteiger charge is -2.09. The van der Waals surface area contributed by atoms with E-state index in [0.717, 1.165) is 5.56 Å². The quantitative estimate of drug-likeness (QED) is 0.775. The Morgan fingerprint density at radius 2 is 1.92 bits per heavy atom. The highest BCUT2D eigenvalue weighted by atomic mass is 35.5. The van der Waals surface area contributed by atoms with Crippen molar-refractivity contribution in [1.82, 2.24) is 0 Å². The van der Waals surface area contributed by atoms with Crippen LogP contribution in [0.25, 0.3) is 0 Å². The average Bonchev–Trinajstić information content (AvgIpc) is 2.08. The van der Waals surface area contributed by atoms with Crippen LogP contribution in [0.4, 0.5) is 0 Å². The average molecular weight is 205 g/mol. The summed E-state index contributed by atoms with van der Waals surface area (Å²) < 4.78 is 0. The summed E-state index contributed by atoms with van der Waals surface area (Å²) in [6, 6.07) is 5.11. The van der Waals surface area contributed by atoms with Gasteiger partial charge in [0.15, 0.2) is 0 Å². The maximum Gasteiger partial charge on any atom is 0.0595 e. The highest BCUT2D eigenvalue weighted by Gasteiger charge is 2.05. The number of halogens is 2. The third-order valence-corrected chi connectivity index (χ3v) is 2.36. The highest BCUT2D eigenvalue weighted by molar-refractivity contribution is 6.42. The highest BCUT2D eigenvalue weighted by Crippen LogP contribution is 2.24. The Hall–Kier alpha value is -0.280. The van der Waals surface area contributed by atoms with E-state index in [1.54, 1.807) is 12.1 Å². The van der Waals surface area contributed by atoms with Gasteiger partial charge in [0.1, 0.15) is 0 Å². The molecule has 4 heteroatoms. The van der Waals surface area contributed by atoms with Crippen LogP contribution in [0.5, 0.6) is 0 Å². The predicted octanol–water partition coefficient (Wildman–Crippen LogP) is 1.95. The zero-order valence-corrected chi connectivity index (χ0v) is 7.94. The van der Waals surface area contributed by atoms with Crippen LogP contribution >= 0.6 is 23.2 Å². The van der Waals surface area contributed by atoms with Gasteiger partial charge in [-0.1, -0.05) is 29.3 Å². The smallest absolute Gasteiger partial charge is 0.0595 e. The molecule has 1 atom stereocenters. The van der Waals surface area contributed by atoms with E-state index in [9.17, 15) is 0 Å². The molecule has 12 heavy (non-hydrogen) atoms. The van der Waals surface area contributed by atoms with Gasteiger partial charge in [-0.2, -0.15) is 0 Å². The van der Waals surface area contributed by atoms with Gasteiger partial charge >= 0.3 is 0 Å². The maximum atomic E-state index is 5.79. The van der Waals surface area contributed by atoms with Gasteiger partial charge in [0, 0.05) is 12.6 Å². The van der Waals surface area contributed by atoms with Crippen LogP contribution in [-0.4, -0.2) is 6.54 Å². The summed E-state index contributed by atoms with van der Waals surface area (Å²) in [7, 11) is 0. The van der Waals surface area contributed by atoms with Crippen molar-refractivity contribution in [2.75, 3.05) is 6.54 Å². The number of benzene rings is 1. The van der Waals surface area contributed by atoms with E-state index in [0.29, 0.717) is 16.6 Å². The second-order valence-corrected chi connectivity index (χ2v) is 3.33. The third kappa shape index (κ3) is 2.11. The summed E-state index contributed by atoms with van der Waals surface area (Å²) in [5, 5.41) is 1.04. The zero-order chi connectivity index (χ0) is 9.14. The van der Waals surface area contributed by atoms with Crippen molar-refractivity contribution in [1.29, 1.82) is 0 Å². The first-order chi connectivity index (χ1) is 5.65. The fraction of sp³-hybridized carbons (Fsp3) is 0.250. The lowest BCUT2D eigenvalue weighted by molar-refractivity contribution is 0.737. The Kier molecular flexibility index (Phi) is 3.35. The Morgan fingerprint density at radius 3 is 2.42 bits per heavy atom. The summed E-state index contributed by atoms with van der Waals surface area (Å²) >= 11 is 11.5. The van der Waals surface area contributed by atoms with E-state index in [1.807, 2.05) is 6.07 Å². The molecule has 1 aromatic rings. The Morgan fingerprint density at radius 1 is 1.25 bits per heavy atom. The molecule has 0 unspecified atom stereocenters. The topological polar surface area (TPSA) is 52.0 Å². The van der Waals surface area contributed by atoms with Crippen LogP contribution in [0.15, 0.2) is 18.2 Å².